The quantitative estimate of drug-likeness (QED) is 0.204. The molecule has 1 aliphatic heterocycles. The molecule has 0 bridgehead atoms. The minimum atomic E-state index is -0.569. The summed E-state index contributed by atoms with van der Waals surface area (Å²) in [6.45, 7) is 3.96. The van der Waals surface area contributed by atoms with Gasteiger partial charge in [-0.25, -0.2) is 14.2 Å². The summed E-state index contributed by atoms with van der Waals surface area (Å²) in [5.41, 5.74) is 2.90. The number of hydrogen-bond donors (Lipinski definition) is 1. The molecule has 1 aliphatic rings. The molecule has 0 aromatic heterocycles. The van der Waals surface area contributed by atoms with E-state index in [1.807, 2.05) is 13.0 Å². The number of carbonyl (C=O) groups excluding carboxylic acids is 2. The summed E-state index contributed by atoms with van der Waals surface area (Å²) in [5.74, 6) is 0.202. The van der Waals surface area contributed by atoms with Crippen LogP contribution in [0.2, 0.25) is 0 Å². The second kappa shape index (κ2) is 11.3. The first-order valence-corrected chi connectivity index (χ1v) is 12.1. The molecular formula is C27H22FIN2O5. The topological polar surface area (TPSA) is 86.2 Å². The SMILES string of the molecule is CCOc1cc(/C=C2\N=C(c3ccc(NC(C)=O)cc3)OC2=O)cc(I)c1OCc1ccc(F)cc1. The van der Waals surface area contributed by atoms with Gasteiger partial charge >= 0.3 is 5.97 Å². The summed E-state index contributed by atoms with van der Waals surface area (Å²) in [5, 5.41) is 2.68. The Bertz CT molecular complexity index is 1350. The number of nitrogens with zero attached hydrogens (tertiary/aromatic N) is 1. The molecule has 4 rings (SSSR count). The predicted octanol–water partition coefficient (Wildman–Crippen LogP) is 5.71. The van der Waals surface area contributed by atoms with Gasteiger partial charge in [0.15, 0.2) is 17.2 Å². The van der Waals surface area contributed by atoms with E-state index in [2.05, 4.69) is 32.9 Å². The zero-order valence-electron chi connectivity index (χ0n) is 19.5. The van der Waals surface area contributed by atoms with Crippen LogP contribution in [0, 0.1) is 9.39 Å². The number of hydrogen-bond acceptors (Lipinski definition) is 6. The van der Waals surface area contributed by atoms with Crippen LogP contribution in [0.1, 0.15) is 30.5 Å². The number of esters is 1. The third-order valence-electron chi connectivity index (χ3n) is 5.00. The molecule has 0 atom stereocenters. The largest absolute Gasteiger partial charge is 0.490 e. The zero-order chi connectivity index (χ0) is 25.7. The monoisotopic (exact) mass is 600 g/mol. The number of anilines is 1. The Morgan fingerprint density at radius 3 is 2.50 bits per heavy atom. The van der Waals surface area contributed by atoms with Crippen LogP contribution in [0.3, 0.4) is 0 Å². The predicted molar refractivity (Wildman–Crippen MR) is 142 cm³/mol. The number of rotatable bonds is 8. The fourth-order valence-electron chi connectivity index (χ4n) is 3.40. The summed E-state index contributed by atoms with van der Waals surface area (Å²) in [6.07, 6.45) is 1.62. The highest BCUT2D eigenvalue weighted by Crippen LogP contribution is 2.36. The molecule has 0 unspecified atom stereocenters. The van der Waals surface area contributed by atoms with Crippen molar-refractivity contribution in [2.45, 2.75) is 20.5 Å². The van der Waals surface area contributed by atoms with E-state index >= 15 is 0 Å². The second-order valence-corrected chi connectivity index (χ2v) is 8.93. The van der Waals surface area contributed by atoms with Crippen LogP contribution in [0.4, 0.5) is 10.1 Å². The standard InChI is InChI=1S/C27H22FIN2O5/c1-3-34-24-14-18(12-22(29)25(24)35-15-17-4-8-20(28)9-5-17)13-23-27(33)36-26(31-23)19-6-10-21(11-7-19)30-16(2)32/h4-14H,3,15H2,1-2H3,(H,30,32)/b23-13-. The van der Waals surface area contributed by atoms with Crippen LogP contribution in [0.5, 0.6) is 11.5 Å². The van der Waals surface area contributed by atoms with Gasteiger partial charge in [0, 0.05) is 18.2 Å². The van der Waals surface area contributed by atoms with Crippen molar-refractivity contribution < 1.29 is 28.2 Å². The van der Waals surface area contributed by atoms with Crippen LogP contribution in [-0.2, 0) is 20.9 Å². The molecule has 0 saturated carbocycles. The number of nitrogens with one attached hydrogen (secondary N) is 1. The van der Waals surface area contributed by atoms with Crippen LogP contribution >= 0.6 is 22.6 Å². The van der Waals surface area contributed by atoms with Gasteiger partial charge in [-0.1, -0.05) is 12.1 Å². The molecular weight excluding hydrogens is 578 g/mol. The summed E-state index contributed by atoms with van der Waals surface area (Å²) < 4.78 is 31.1. The molecule has 0 radical (unpaired) electrons. The Hall–Kier alpha value is -3.73. The van der Waals surface area contributed by atoms with E-state index in [4.69, 9.17) is 14.2 Å². The first-order chi connectivity index (χ1) is 17.3. The molecule has 3 aromatic carbocycles. The van der Waals surface area contributed by atoms with Gasteiger partial charge in [-0.2, -0.15) is 0 Å². The summed E-state index contributed by atoms with van der Waals surface area (Å²) >= 11 is 2.14. The maximum Gasteiger partial charge on any atom is 0.363 e. The van der Waals surface area contributed by atoms with Gasteiger partial charge < -0.3 is 19.5 Å². The number of amides is 1. The molecule has 36 heavy (non-hydrogen) atoms. The van der Waals surface area contributed by atoms with E-state index in [1.165, 1.54) is 19.1 Å². The molecule has 0 spiro atoms. The third kappa shape index (κ3) is 6.28. The summed E-state index contributed by atoms with van der Waals surface area (Å²) in [6, 6.07) is 16.5. The van der Waals surface area contributed by atoms with Gasteiger partial charge in [-0.05, 0) is 95.2 Å². The molecule has 1 amide bonds. The molecule has 0 fully saturated rings. The Balaban J connectivity index is 1.56. The van der Waals surface area contributed by atoms with Crippen LogP contribution in [0.25, 0.3) is 6.08 Å². The third-order valence-corrected chi connectivity index (χ3v) is 5.81. The highest BCUT2D eigenvalue weighted by Gasteiger charge is 2.24. The minimum Gasteiger partial charge on any atom is -0.490 e. The molecule has 0 saturated heterocycles. The lowest BCUT2D eigenvalue weighted by atomic mass is 10.1. The number of benzene rings is 3. The molecule has 1 N–H and O–H groups in total. The van der Waals surface area contributed by atoms with E-state index in [-0.39, 0.29) is 29.9 Å². The van der Waals surface area contributed by atoms with Crippen LogP contribution < -0.4 is 14.8 Å². The molecule has 184 valence electrons. The van der Waals surface area contributed by atoms with Gasteiger partial charge in [0.05, 0.1) is 10.2 Å². The Morgan fingerprint density at radius 1 is 1.11 bits per heavy atom. The number of aliphatic imine (C=N–C) groups is 1. The number of cyclic esters (lactones) is 1. The normalized spacial score (nSPS) is 13.8. The molecule has 1 heterocycles. The van der Waals surface area contributed by atoms with Crippen molar-refractivity contribution in [1.82, 2.24) is 0 Å². The highest BCUT2D eigenvalue weighted by atomic mass is 127. The van der Waals surface area contributed by atoms with E-state index in [9.17, 15) is 14.0 Å². The Morgan fingerprint density at radius 2 is 1.83 bits per heavy atom. The van der Waals surface area contributed by atoms with E-state index in [1.54, 1.807) is 48.5 Å². The van der Waals surface area contributed by atoms with Crippen molar-refractivity contribution >= 4 is 52.1 Å². The summed E-state index contributed by atoms with van der Waals surface area (Å²) in [7, 11) is 0. The van der Waals surface area contributed by atoms with Gasteiger partial charge in [0.25, 0.3) is 0 Å². The lowest BCUT2D eigenvalue weighted by Gasteiger charge is -2.15. The molecule has 3 aromatic rings. The average Bonchev–Trinajstić information content (AvgIpc) is 3.20. The van der Waals surface area contributed by atoms with E-state index < -0.39 is 5.97 Å². The fourth-order valence-corrected chi connectivity index (χ4v) is 4.18. The van der Waals surface area contributed by atoms with Crippen molar-refractivity contribution in [3.8, 4) is 11.5 Å². The molecule has 7 nitrogen and oxygen atoms in total. The molecule has 0 aliphatic carbocycles. The lowest BCUT2D eigenvalue weighted by Crippen LogP contribution is -2.07. The van der Waals surface area contributed by atoms with E-state index in [0.29, 0.717) is 34.9 Å². The first kappa shape index (κ1) is 25.4. The smallest absolute Gasteiger partial charge is 0.363 e. The summed E-state index contributed by atoms with van der Waals surface area (Å²) in [4.78, 5) is 28.0. The van der Waals surface area contributed by atoms with Crippen LogP contribution in [0.15, 0.2) is 71.4 Å². The van der Waals surface area contributed by atoms with Crippen molar-refractivity contribution in [2.24, 2.45) is 4.99 Å². The number of halogens is 2. The van der Waals surface area contributed by atoms with Gasteiger partial charge in [-0.15, -0.1) is 0 Å². The van der Waals surface area contributed by atoms with Crippen LogP contribution in [-0.4, -0.2) is 24.4 Å². The fraction of sp³-hybridized carbons (Fsp3) is 0.148. The second-order valence-electron chi connectivity index (χ2n) is 7.77. The van der Waals surface area contributed by atoms with E-state index in [0.717, 1.165) is 9.13 Å². The first-order valence-electron chi connectivity index (χ1n) is 11.1. The average molecular weight is 600 g/mol. The van der Waals surface area contributed by atoms with Gasteiger partial charge in [-0.3, -0.25) is 4.79 Å². The maximum atomic E-state index is 13.2. The highest BCUT2D eigenvalue weighted by molar-refractivity contribution is 14.1. The zero-order valence-corrected chi connectivity index (χ0v) is 21.7. The number of ether oxygens (including phenoxy) is 3. The van der Waals surface area contributed by atoms with Crippen molar-refractivity contribution in [3.05, 3.63) is 92.4 Å². The van der Waals surface area contributed by atoms with Gasteiger partial charge in [0.1, 0.15) is 12.4 Å². The Labute approximate surface area is 221 Å². The molecule has 9 heteroatoms. The number of carbonyl (C=O) groups is 2. The lowest BCUT2D eigenvalue weighted by molar-refractivity contribution is -0.129. The minimum absolute atomic E-state index is 0.147. The van der Waals surface area contributed by atoms with Crippen molar-refractivity contribution in [3.63, 3.8) is 0 Å². The van der Waals surface area contributed by atoms with Gasteiger partial charge in [0.2, 0.25) is 11.8 Å². The van der Waals surface area contributed by atoms with Crippen molar-refractivity contribution in [2.75, 3.05) is 11.9 Å². The Kier molecular flexibility index (Phi) is 7.99. The van der Waals surface area contributed by atoms with Crippen molar-refractivity contribution in [1.29, 1.82) is 0 Å². The maximum absolute atomic E-state index is 13.2.